The number of rotatable bonds is 5. The fourth-order valence-corrected chi connectivity index (χ4v) is 3.74. The summed E-state index contributed by atoms with van der Waals surface area (Å²) in [6, 6.07) is 0.963. The van der Waals surface area contributed by atoms with Gasteiger partial charge in [0.1, 0.15) is 6.61 Å². The van der Waals surface area contributed by atoms with Crippen molar-refractivity contribution in [2.45, 2.75) is 96.2 Å². The summed E-state index contributed by atoms with van der Waals surface area (Å²) in [5, 5.41) is 0. The maximum atomic E-state index is 12.6. The third kappa shape index (κ3) is 4.47. The first kappa shape index (κ1) is 15.8. The lowest BCUT2D eigenvalue weighted by Gasteiger charge is -2.41. The molecule has 0 unspecified atom stereocenters. The van der Waals surface area contributed by atoms with Crippen LogP contribution < -0.4 is 0 Å². The van der Waals surface area contributed by atoms with Gasteiger partial charge in [-0.05, 0) is 39.5 Å². The molecule has 2 fully saturated rings. The zero-order valence-electron chi connectivity index (χ0n) is 13.3. The number of hydrogen-bond donors (Lipinski definition) is 0. The van der Waals surface area contributed by atoms with Crippen molar-refractivity contribution in [3.05, 3.63) is 0 Å². The van der Waals surface area contributed by atoms with Crippen molar-refractivity contribution in [2.24, 2.45) is 0 Å². The number of ether oxygens (including phenoxy) is 1. The zero-order valence-corrected chi connectivity index (χ0v) is 13.3. The van der Waals surface area contributed by atoms with Gasteiger partial charge in [-0.3, -0.25) is 4.79 Å². The molecule has 2 aliphatic carbocycles. The molecule has 2 aliphatic rings. The van der Waals surface area contributed by atoms with E-state index in [0.29, 0.717) is 12.1 Å². The minimum absolute atomic E-state index is 0.138. The van der Waals surface area contributed by atoms with Gasteiger partial charge in [0.05, 0.1) is 6.10 Å². The van der Waals surface area contributed by atoms with Gasteiger partial charge in [0.25, 0.3) is 0 Å². The van der Waals surface area contributed by atoms with Crippen LogP contribution >= 0.6 is 0 Å². The van der Waals surface area contributed by atoms with E-state index in [2.05, 4.69) is 4.90 Å². The van der Waals surface area contributed by atoms with E-state index in [9.17, 15) is 4.79 Å². The highest BCUT2D eigenvalue weighted by Crippen LogP contribution is 2.30. The number of amides is 1. The van der Waals surface area contributed by atoms with E-state index in [1.54, 1.807) is 0 Å². The van der Waals surface area contributed by atoms with Crippen molar-refractivity contribution in [1.82, 2.24) is 4.90 Å². The first-order chi connectivity index (χ1) is 9.68. The molecule has 0 aliphatic heterocycles. The summed E-state index contributed by atoms with van der Waals surface area (Å²) < 4.78 is 5.58. The molecule has 0 heterocycles. The van der Waals surface area contributed by atoms with Crippen molar-refractivity contribution in [3.8, 4) is 0 Å². The topological polar surface area (TPSA) is 29.5 Å². The van der Waals surface area contributed by atoms with Crippen LogP contribution in [0.25, 0.3) is 0 Å². The average molecular weight is 281 g/mol. The number of carbonyl (C=O) groups is 1. The highest BCUT2D eigenvalue weighted by atomic mass is 16.5. The van der Waals surface area contributed by atoms with E-state index in [1.165, 1.54) is 64.2 Å². The van der Waals surface area contributed by atoms with Gasteiger partial charge in [-0.1, -0.05) is 38.5 Å². The molecule has 0 spiro atoms. The van der Waals surface area contributed by atoms with Crippen LogP contribution in [0.1, 0.15) is 78.1 Å². The second kappa shape index (κ2) is 8.02. The molecule has 3 heteroatoms. The molecule has 0 atom stereocenters. The van der Waals surface area contributed by atoms with E-state index in [1.807, 2.05) is 13.8 Å². The van der Waals surface area contributed by atoms with Gasteiger partial charge >= 0.3 is 0 Å². The van der Waals surface area contributed by atoms with Crippen molar-refractivity contribution >= 4 is 5.91 Å². The summed E-state index contributed by atoms with van der Waals surface area (Å²) in [6.07, 6.45) is 12.7. The number of hydrogen-bond acceptors (Lipinski definition) is 2. The Morgan fingerprint density at radius 3 is 1.80 bits per heavy atom. The van der Waals surface area contributed by atoms with Crippen LogP contribution in [0.2, 0.25) is 0 Å². The van der Waals surface area contributed by atoms with Crippen LogP contribution in [0.5, 0.6) is 0 Å². The lowest BCUT2D eigenvalue weighted by molar-refractivity contribution is -0.144. The minimum atomic E-state index is 0.138. The fraction of sp³-hybridized carbons (Fsp3) is 0.941. The van der Waals surface area contributed by atoms with Crippen LogP contribution in [0, 0.1) is 0 Å². The molecule has 0 aromatic carbocycles. The van der Waals surface area contributed by atoms with Gasteiger partial charge in [-0.15, -0.1) is 0 Å². The minimum Gasteiger partial charge on any atom is -0.369 e. The van der Waals surface area contributed by atoms with Crippen molar-refractivity contribution in [2.75, 3.05) is 6.61 Å². The molecule has 20 heavy (non-hydrogen) atoms. The van der Waals surface area contributed by atoms with Crippen LogP contribution in [0.3, 0.4) is 0 Å². The van der Waals surface area contributed by atoms with Gasteiger partial charge in [-0.25, -0.2) is 0 Å². The summed E-state index contributed by atoms with van der Waals surface area (Å²) in [5.41, 5.74) is 0. The molecule has 2 saturated carbocycles. The molecule has 0 bridgehead atoms. The second-order valence-electron chi connectivity index (χ2n) is 6.74. The van der Waals surface area contributed by atoms with Gasteiger partial charge in [0.15, 0.2) is 0 Å². The third-order valence-corrected chi connectivity index (χ3v) is 4.76. The Balaban J connectivity index is 1.99. The average Bonchev–Trinajstić information content (AvgIpc) is 2.48. The molecule has 0 aromatic heterocycles. The Bertz CT molecular complexity index is 273. The molecule has 0 aromatic rings. The van der Waals surface area contributed by atoms with E-state index >= 15 is 0 Å². The quantitative estimate of drug-likeness (QED) is 0.764. The summed E-state index contributed by atoms with van der Waals surface area (Å²) >= 11 is 0. The Labute approximate surface area is 124 Å². The van der Waals surface area contributed by atoms with E-state index in [-0.39, 0.29) is 18.6 Å². The summed E-state index contributed by atoms with van der Waals surface area (Å²) in [4.78, 5) is 14.9. The SMILES string of the molecule is CC(C)OCC(=O)N(C1CCCCC1)C1CCCCC1. The summed E-state index contributed by atoms with van der Waals surface area (Å²) in [5.74, 6) is 0.234. The molecule has 0 radical (unpaired) electrons. The molecular weight excluding hydrogens is 250 g/mol. The molecule has 2 rings (SSSR count). The molecular formula is C17H31NO2. The van der Waals surface area contributed by atoms with Crippen LogP contribution in [0.15, 0.2) is 0 Å². The maximum Gasteiger partial charge on any atom is 0.249 e. The second-order valence-corrected chi connectivity index (χ2v) is 6.74. The van der Waals surface area contributed by atoms with Crippen molar-refractivity contribution in [1.29, 1.82) is 0 Å². The Morgan fingerprint density at radius 2 is 1.40 bits per heavy atom. The molecule has 0 N–H and O–H groups in total. The van der Waals surface area contributed by atoms with Gasteiger partial charge < -0.3 is 9.64 Å². The predicted molar refractivity (Wildman–Crippen MR) is 81.7 cm³/mol. The van der Waals surface area contributed by atoms with Crippen molar-refractivity contribution < 1.29 is 9.53 Å². The van der Waals surface area contributed by atoms with E-state index in [4.69, 9.17) is 4.74 Å². The Hall–Kier alpha value is -0.570. The largest absolute Gasteiger partial charge is 0.369 e. The van der Waals surface area contributed by atoms with Crippen molar-refractivity contribution in [3.63, 3.8) is 0 Å². The standard InChI is InChI=1S/C17H31NO2/c1-14(2)20-13-17(19)18(15-9-5-3-6-10-15)16-11-7-4-8-12-16/h14-16H,3-13H2,1-2H3. The fourth-order valence-electron chi connectivity index (χ4n) is 3.74. The lowest BCUT2D eigenvalue weighted by Crippen LogP contribution is -2.50. The first-order valence-corrected chi connectivity index (χ1v) is 8.61. The van der Waals surface area contributed by atoms with Crippen LogP contribution in [-0.4, -0.2) is 35.6 Å². The van der Waals surface area contributed by atoms with E-state index in [0.717, 1.165) is 0 Å². The Morgan fingerprint density at radius 1 is 0.950 bits per heavy atom. The normalized spacial score (nSPS) is 22.1. The maximum absolute atomic E-state index is 12.6. The Kier molecular flexibility index (Phi) is 6.34. The molecule has 0 saturated heterocycles. The third-order valence-electron chi connectivity index (χ3n) is 4.76. The summed E-state index contributed by atoms with van der Waals surface area (Å²) in [6.45, 7) is 4.27. The van der Waals surface area contributed by atoms with Gasteiger partial charge in [0, 0.05) is 12.1 Å². The summed E-state index contributed by atoms with van der Waals surface area (Å²) in [7, 11) is 0. The highest BCUT2D eigenvalue weighted by Gasteiger charge is 2.32. The van der Waals surface area contributed by atoms with Gasteiger partial charge in [-0.2, -0.15) is 0 Å². The molecule has 1 amide bonds. The van der Waals surface area contributed by atoms with Gasteiger partial charge in [0.2, 0.25) is 5.91 Å². The van der Waals surface area contributed by atoms with Crippen LogP contribution in [-0.2, 0) is 9.53 Å². The molecule has 3 nitrogen and oxygen atoms in total. The number of nitrogens with zero attached hydrogens (tertiary/aromatic N) is 1. The molecule has 116 valence electrons. The van der Waals surface area contributed by atoms with Crippen LogP contribution in [0.4, 0.5) is 0 Å². The smallest absolute Gasteiger partial charge is 0.249 e. The predicted octanol–water partition coefficient (Wildman–Crippen LogP) is 3.91. The monoisotopic (exact) mass is 281 g/mol. The number of carbonyl (C=O) groups excluding carboxylic acids is 1. The van der Waals surface area contributed by atoms with E-state index < -0.39 is 0 Å². The first-order valence-electron chi connectivity index (χ1n) is 8.61. The lowest BCUT2D eigenvalue weighted by atomic mass is 9.88. The zero-order chi connectivity index (χ0) is 14.4. The highest BCUT2D eigenvalue weighted by molar-refractivity contribution is 5.78.